The molecule has 0 spiro atoms. The second-order valence-corrected chi connectivity index (χ2v) is 7.04. The first kappa shape index (κ1) is 18.2. The summed E-state index contributed by atoms with van der Waals surface area (Å²) in [5, 5.41) is 6.30. The molecule has 3 aromatic heterocycles. The molecule has 3 aromatic rings. The van der Waals surface area contributed by atoms with Gasteiger partial charge in [-0.3, -0.25) is 4.40 Å². The van der Waals surface area contributed by atoms with Crippen molar-refractivity contribution in [3.05, 3.63) is 42.4 Å². The number of amides is 2. The molecule has 2 amide bonds. The average molecular weight is 379 g/mol. The summed E-state index contributed by atoms with van der Waals surface area (Å²) < 4.78 is 2.03. The molecule has 0 aliphatic carbocycles. The number of pyridine rings is 1. The van der Waals surface area contributed by atoms with Crippen LogP contribution in [0.15, 0.2) is 36.8 Å². The van der Waals surface area contributed by atoms with Crippen LogP contribution in [0.25, 0.3) is 17.0 Å². The predicted octanol–water partition coefficient (Wildman–Crippen LogP) is 2.71. The molecule has 4 rings (SSSR count). The Morgan fingerprint density at radius 1 is 1.21 bits per heavy atom. The second-order valence-electron chi connectivity index (χ2n) is 7.04. The van der Waals surface area contributed by atoms with Gasteiger partial charge in [0, 0.05) is 38.1 Å². The van der Waals surface area contributed by atoms with Crippen molar-refractivity contribution >= 4 is 17.6 Å². The van der Waals surface area contributed by atoms with Gasteiger partial charge in [0.05, 0.1) is 17.6 Å². The zero-order chi connectivity index (χ0) is 19.5. The molecule has 4 heterocycles. The Labute approximate surface area is 164 Å². The smallest absolute Gasteiger partial charge is 0.317 e. The first-order valence-corrected chi connectivity index (χ1v) is 9.71. The van der Waals surface area contributed by atoms with E-state index in [1.807, 2.05) is 59.9 Å². The van der Waals surface area contributed by atoms with Gasteiger partial charge >= 0.3 is 6.03 Å². The number of carbonyl (C=O) groups excluding carboxylic acids is 1. The Balaban J connectivity index is 1.49. The van der Waals surface area contributed by atoms with E-state index in [9.17, 15) is 4.79 Å². The minimum atomic E-state index is 0.0161. The first-order valence-electron chi connectivity index (χ1n) is 9.71. The maximum absolute atomic E-state index is 11.9. The van der Waals surface area contributed by atoms with Gasteiger partial charge in [0.1, 0.15) is 5.65 Å². The SMILES string of the molecule is CCNC(=O)N1CCC(Nc2ncc(C)c(-c3cnc4ccccn34)n2)CC1. The van der Waals surface area contributed by atoms with Crippen LogP contribution in [0.2, 0.25) is 0 Å². The highest BCUT2D eigenvalue weighted by atomic mass is 16.2. The maximum atomic E-state index is 11.9. The highest BCUT2D eigenvalue weighted by Gasteiger charge is 2.23. The average Bonchev–Trinajstić information content (AvgIpc) is 3.14. The van der Waals surface area contributed by atoms with E-state index in [0.29, 0.717) is 12.5 Å². The van der Waals surface area contributed by atoms with Crippen molar-refractivity contribution in [2.45, 2.75) is 32.7 Å². The lowest BCUT2D eigenvalue weighted by atomic mass is 10.1. The van der Waals surface area contributed by atoms with Crippen LogP contribution in [0, 0.1) is 6.92 Å². The Morgan fingerprint density at radius 3 is 2.82 bits per heavy atom. The van der Waals surface area contributed by atoms with E-state index in [1.165, 1.54) is 0 Å². The molecule has 28 heavy (non-hydrogen) atoms. The largest absolute Gasteiger partial charge is 0.351 e. The molecular formula is C20H25N7O. The molecule has 0 radical (unpaired) electrons. The number of aryl methyl sites for hydroxylation is 1. The number of urea groups is 1. The molecule has 0 aromatic carbocycles. The summed E-state index contributed by atoms with van der Waals surface area (Å²) in [7, 11) is 0. The predicted molar refractivity (Wildman–Crippen MR) is 108 cm³/mol. The van der Waals surface area contributed by atoms with E-state index in [1.54, 1.807) is 0 Å². The van der Waals surface area contributed by atoms with Crippen LogP contribution in [-0.4, -0.2) is 56.0 Å². The van der Waals surface area contributed by atoms with Crippen molar-refractivity contribution in [1.29, 1.82) is 0 Å². The molecule has 146 valence electrons. The number of aromatic nitrogens is 4. The summed E-state index contributed by atoms with van der Waals surface area (Å²) in [5.74, 6) is 0.614. The van der Waals surface area contributed by atoms with Gasteiger partial charge in [-0.1, -0.05) is 6.07 Å². The fourth-order valence-electron chi connectivity index (χ4n) is 3.55. The van der Waals surface area contributed by atoms with Crippen molar-refractivity contribution in [1.82, 2.24) is 29.6 Å². The lowest BCUT2D eigenvalue weighted by Gasteiger charge is -2.32. The van der Waals surface area contributed by atoms with Crippen LogP contribution in [0.4, 0.5) is 10.7 Å². The Kier molecular flexibility index (Phi) is 5.10. The number of carbonyl (C=O) groups is 1. The molecule has 0 saturated carbocycles. The van der Waals surface area contributed by atoms with Crippen LogP contribution in [-0.2, 0) is 0 Å². The number of imidazole rings is 1. The number of rotatable bonds is 4. The summed E-state index contributed by atoms with van der Waals surface area (Å²) in [4.78, 5) is 27.5. The zero-order valence-corrected chi connectivity index (χ0v) is 16.2. The van der Waals surface area contributed by atoms with Crippen LogP contribution in [0.3, 0.4) is 0 Å². The fourth-order valence-corrected chi connectivity index (χ4v) is 3.55. The van der Waals surface area contributed by atoms with Gasteiger partial charge in [0.25, 0.3) is 0 Å². The molecule has 1 aliphatic heterocycles. The van der Waals surface area contributed by atoms with Crippen molar-refractivity contribution in [2.24, 2.45) is 0 Å². The van der Waals surface area contributed by atoms with Crippen LogP contribution < -0.4 is 10.6 Å². The molecule has 1 aliphatic rings. The Hall–Kier alpha value is -3.16. The fraction of sp³-hybridized carbons (Fsp3) is 0.400. The number of nitrogens with one attached hydrogen (secondary N) is 2. The van der Waals surface area contributed by atoms with Gasteiger partial charge in [-0.2, -0.15) is 0 Å². The van der Waals surface area contributed by atoms with E-state index >= 15 is 0 Å². The third-order valence-corrected chi connectivity index (χ3v) is 5.07. The molecule has 1 fully saturated rings. The van der Waals surface area contributed by atoms with Gasteiger partial charge in [-0.25, -0.2) is 19.7 Å². The van der Waals surface area contributed by atoms with Crippen molar-refractivity contribution in [2.75, 3.05) is 25.0 Å². The third-order valence-electron chi connectivity index (χ3n) is 5.07. The lowest BCUT2D eigenvalue weighted by molar-refractivity contribution is 0.184. The van der Waals surface area contributed by atoms with E-state index in [4.69, 9.17) is 4.98 Å². The number of fused-ring (bicyclic) bond motifs is 1. The standard InChI is InChI=1S/C20H25N7O/c1-3-21-20(28)26-10-7-15(8-11-26)24-19-23-12-14(2)18(25-19)16-13-22-17-6-4-5-9-27(16)17/h4-6,9,12-13,15H,3,7-8,10-11H2,1-2H3,(H,21,28)(H,23,24,25). The molecule has 8 heteroatoms. The molecule has 2 N–H and O–H groups in total. The number of hydrogen-bond acceptors (Lipinski definition) is 5. The maximum Gasteiger partial charge on any atom is 0.317 e. The first-order chi connectivity index (χ1) is 13.7. The van der Waals surface area contributed by atoms with E-state index in [0.717, 1.165) is 48.5 Å². The quantitative estimate of drug-likeness (QED) is 0.728. The summed E-state index contributed by atoms with van der Waals surface area (Å²) in [6, 6.07) is 6.20. The number of likely N-dealkylation sites (tertiary alicyclic amines) is 1. The minimum Gasteiger partial charge on any atom is -0.351 e. The second kappa shape index (κ2) is 7.84. The van der Waals surface area contributed by atoms with E-state index in [2.05, 4.69) is 20.6 Å². The van der Waals surface area contributed by atoms with Gasteiger partial charge in [-0.15, -0.1) is 0 Å². The third kappa shape index (κ3) is 3.62. The number of anilines is 1. The summed E-state index contributed by atoms with van der Waals surface area (Å²) in [5.41, 5.74) is 3.71. The highest BCUT2D eigenvalue weighted by molar-refractivity contribution is 5.74. The molecular weight excluding hydrogens is 354 g/mol. The molecule has 0 bridgehead atoms. The van der Waals surface area contributed by atoms with Gasteiger partial charge in [0.15, 0.2) is 0 Å². The lowest BCUT2D eigenvalue weighted by Crippen LogP contribution is -2.46. The van der Waals surface area contributed by atoms with Crippen molar-refractivity contribution in [3.63, 3.8) is 0 Å². The number of hydrogen-bond donors (Lipinski definition) is 2. The summed E-state index contributed by atoms with van der Waals surface area (Å²) >= 11 is 0. The summed E-state index contributed by atoms with van der Waals surface area (Å²) in [6.45, 7) is 6.06. The summed E-state index contributed by atoms with van der Waals surface area (Å²) in [6.07, 6.45) is 7.43. The molecule has 0 atom stereocenters. The molecule has 0 unspecified atom stereocenters. The molecule has 8 nitrogen and oxygen atoms in total. The van der Waals surface area contributed by atoms with E-state index in [-0.39, 0.29) is 12.1 Å². The number of piperidine rings is 1. The van der Waals surface area contributed by atoms with Crippen LogP contribution >= 0.6 is 0 Å². The van der Waals surface area contributed by atoms with Gasteiger partial charge in [-0.05, 0) is 44.4 Å². The van der Waals surface area contributed by atoms with Crippen LogP contribution in [0.1, 0.15) is 25.3 Å². The molecule has 1 saturated heterocycles. The van der Waals surface area contributed by atoms with Gasteiger partial charge in [0.2, 0.25) is 5.95 Å². The van der Waals surface area contributed by atoms with Crippen molar-refractivity contribution in [3.8, 4) is 11.4 Å². The van der Waals surface area contributed by atoms with Gasteiger partial charge < -0.3 is 15.5 Å². The monoisotopic (exact) mass is 379 g/mol. The highest BCUT2D eigenvalue weighted by Crippen LogP contribution is 2.24. The van der Waals surface area contributed by atoms with E-state index < -0.39 is 0 Å². The topological polar surface area (TPSA) is 87.5 Å². The zero-order valence-electron chi connectivity index (χ0n) is 16.2. The van der Waals surface area contributed by atoms with Crippen LogP contribution in [0.5, 0.6) is 0 Å². The normalized spacial score (nSPS) is 15.0. The Bertz CT molecular complexity index is 976. The Morgan fingerprint density at radius 2 is 2.04 bits per heavy atom. The van der Waals surface area contributed by atoms with Crippen molar-refractivity contribution < 1.29 is 4.79 Å². The minimum absolute atomic E-state index is 0.0161. The number of nitrogens with zero attached hydrogens (tertiary/aromatic N) is 5.